The van der Waals surface area contributed by atoms with Crippen molar-refractivity contribution in [3.63, 3.8) is 0 Å². The zero-order valence-corrected chi connectivity index (χ0v) is 10.1. The number of Topliss-reactive ketones (excluding diaryl/α,β-unsaturated/α-hetero) is 1. The fourth-order valence-corrected chi connectivity index (χ4v) is 2.13. The Morgan fingerprint density at radius 2 is 2.12 bits per heavy atom. The van der Waals surface area contributed by atoms with E-state index in [-0.39, 0.29) is 31.4 Å². The molecule has 0 radical (unpaired) electrons. The van der Waals surface area contributed by atoms with Crippen LogP contribution < -0.4 is 0 Å². The molecule has 0 spiro atoms. The van der Waals surface area contributed by atoms with Crippen molar-refractivity contribution >= 4 is 23.3 Å². The number of ether oxygens (including phenoxy) is 1. The van der Waals surface area contributed by atoms with E-state index in [4.69, 9.17) is 16.3 Å². The SMILES string of the molecule is CCN(C(=O)C(F)F)C1COCC1C(=O)CCl. The van der Waals surface area contributed by atoms with Crippen LogP contribution in [0.3, 0.4) is 0 Å². The first-order chi connectivity index (χ1) is 8.02. The van der Waals surface area contributed by atoms with Crippen molar-refractivity contribution in [2.24, 2.45) is 5.92 Å². The van der Waals surface area contributed by atoms with Crippen molar-refractivity contribution < 1.29 is 23.1 Å². The molecule has 2 unspecified atom stereocenters. The molecule has 1 aliphatic rings. The van der Waals surface area contributed by atoms with Gasteiger partial charge in [-0.05, 0) is 6.92 Å². The van der Waals surface area contributed by atoms with Crippen molar-refractivity contribution in [1.82, 2.24) is 4.90 Å². The van der Waals surface area contributed by atoms with Gasteiger partial charge in [0.1, 0.15) is 0 Å². The van der Waals surface area contributed by atoms with Gasteiger partial charge in [-0.2, -0.15) is 8.78 Å². The molecule has 0 N–H and O–H groups in total. The summed E-state index contributed by atoms with van der Waals surface area (Å²) in [5.74, 6) is -2.36. The Morgan fingerprint density at radius 1 is 1.47 bits per heavy atom. The minimum absolute atomic E-state index is 0.0968. The van der Waals surface area contributed by atoms with Crippen molar-refractivity contribution in [3.05, 3.63) is 0 Å². The Hall–Kier alpha value is -0.750. The molecule has 0 bridgehead atoms. The number of halogens is 3. The third-order valence-electron chi connectivity index (χ3n) is 2.81. The van der Waals surface area contributed by atoms with Crippen molar-refractivity contribution in [2.75, 3.05) is 25.6 Å². The first-order valence-corrected chi connectivity index (χ1v) is 5.81. The lowest BCUT2D eigenvalue weighted by atomic mass is 9.98. The van der Waals surface area contributed by atoms with E-state index >= 15 is 0 Å². The van der Waals surface area contributed by atoms with Crippen LogP contribution in [0, 0.1) is 5.92 Å². The Balaban J connectivity index is 2.80. The first kappa shape index (κ1) is 14.3. The van der Waals surface area contributed by atoms with E-state index in [0.29, 0.717) is 0 Å². The van der Waals surface area contributed by atoms with E-state index in [9.17, 15) is 18.4 Å². The van der Waals surface area contributed by atoms with Crippen molar-refractivity contribution in [3.8, 4) is 0 Å². The third-order valence-corrected chi connectivity index (χ3v) is 3.07. The molecule has 0 saturated carbocycles. The summed E-state index contributed by atoms with van der Waals surface area (Å²) in [4.78, 5) is 23.8. The van der Waals surface area contributed by atoms with Crippen molar-refractivity contribution in [1.29, 1.82) is 0 Å². The Kier molecular flexibility index (Phi) is 5.27. The summed E-state index contributed by atoms with van der Waals surface area (Å²) in [7, 11) is 0. The number of rotatable bonds is 5. The highest BCUT2D eigenvalue weighted by atomic mass is 35.5. The summed E-state index contributed by atoms with van der Waals surface area (Å²) in [6.07, 6.45) is -3.07. The first-order valence-electron chi connectivity index (χ1n) is 5.28. The number of ketones is 1. The number of hydrogen-bond donors (Lipinski definition) is 0. The highest BCUT2D eigenvalue weighted by Gasteiger charge is 2.40. The molecule has 0 aromatic heterocycles. The third kappa shape index (κ3) is 3.13. The predicted octanol–water partition coefficient (Wildman–Crippen LogP) is 0.923. The lowest BCUT2D eigenvalue weighted by molar-refractivity contribution is -0.146. The summed E-state index contributed by atoms with van der Waals surface area (Å²) >= 11 is 5.43. The number of hydrogen-bond acceptors (Lipinski definition) is 3. The van der Waals surface area contributed by atoms with Crippen LogP contribution in [-0.2, 0) is 14.3 Å². The van der Waals surface area contributed by atoms with Gasteiger partial charge >= 0.3 is 6.43 Å². The number of nitrogens with zero attached hydrogens (tertiary/aromatic N) is 1. The summed E-state index contributed by atoms with van der Waals surface area (Å²) in [5, 5.41) is 0. The lowest BCUT2D eigenvalue weighted by Crippen LogP contribution is -2.48. The molecule has 1 heterocycles. The van der Waals surface area contributed by atoms with Gasteiger partial charge in [0.25, 0.3) is 5.91 Å². The number of likely N-dealkylation sites (N-methyl/N-ethyl adjacent to an activating group) is 1. The van der Waals surface area contributed by atoms with Crippen molar-refractivity contribution in [2.45, 2.75) is 19.4 Å². The Bertz CT molecular complexity index is 301. The van der Waals surface area contributed by atoms with E-state index in [1.807, 2.05) is 0 Å². The van der Waals surface area contributed by atoms with Gasteiger partial charge in [-0.3, -0.25) is 9.59 Å². The van der Waals surface area contributed by atoms with Crippen LogP contribution in [0.15, 0.2) is 0 Å². The molecule has 1 aliphatic heterocycles. The van der Waals surface area contributed by atoms with Gasteiger partial charge in [0, 0.05) is 6.54 Å². The second kappa shape index (κ2) is 6.26. The molecule has 7 heteroatoms. The van der Waals surface area contributed by atoms with Gasteiger partial charge < -0.3 is 9.64 Å². The van der Waals surface area contributed by atoms with Crippen LogP contribution in [0.5, 0.6) is 0 Å². The maximum atomic E-state index is 12.4. The van der Waals surface area contributed by atoms with Gasteiger partial charge in [0.15, 0.2) is 5.78 Å². The normalized spacial score (nSPS) is 24.1. The summed E-state index contributed by atoms with van der Waals surface area (Å²) < 4.78 is 29.9. The molecule has 17 heavy (non-hydrogen) atoms. The predicted molar refractivity (Wildman–Crippen MR) is 57.2 cm³/mol. The van der Waals surface area contributed by atoms with E-state index in [0.717, 1.165) is 4.90 Å². The Labute approximate surface area is 103 Å². The molecule has 4 nitrogen and oxygen atoms in total. The minimum Gasteiger partial charge on any atom is -0.378 e. The van der Waals surface area contributed by atoms with E-state index in [2.05, 4.69) is 0 Å². The number of amides is 1. The van der Waals surface area contributed by atoms with Gasteiger partial charge in [0.2, 0.25) is 0 Å². The van der Waals surface area contributed by atoms with Crippen LogP contribution in [-0.4, -0.2) is 54.7 Å². The van der Waals surface area contributed by atoms with Gasteiger partial charge in [-0.15, -0.1) is 11.6 Å². The minimum atomic E-state index is -3.07. The summed E-state index contributed by atoms with van der Waals surface area (Å²) in [6, 6.07) is -0.632. The maximum absolute atomic E-state index is 12.4. The molecule has 0 aromatic rings. The molecular formula is C10H14ClF2NO3. The molecular weight excluding hydrogens is 256 g/mol. The van der Waals surface area contributed by atoms with Crippen LogP contribution >= 0.6 is 11.6 Å². The number of alkyl halides is 3. The van der Waals surface area contributed by atoms with Gasteiger partial charge in [0.05, 0.1) is 31.1 Å². The second-order valence-electron chi connectivity index (χ2n) is 3.74. The lowest BCUT2D eigenvalue weighted by Gasteiger charge is -2.29. The van der Waals surface area contributed by atoms with Crippen LogP contribution in [0.4, 0.5) is 8.78 Å². The molecule has 0 aliphatic carbocycles. The highest BCUT2D eigenvalue weighted by Crippen LogP contribution is 2.22. The maximum Gasteiger partial charge on any atom is 0.315 e. The van der Waals surface area contributed by atoms with E-state index in [1.54, 1.807) is 6.92 Å². The quantitative estimate of drug-likeness (QED) is 0.698. The summed E-state index contributed by atoms with van der Waals surface area (Å²) in [5.41, 5.74) is 0. The average Bonchev–Trinajstić information content (AvgIpc) is 2.77. The molecule has 1 rings (SSSR count). The molecule has 1 amide bonds. The fourth-order valence-electron chi connectivity index (χ4n) is 1.94. The van der Waals surface area contributed by atoms with Gasteiger partial charge in [-0.1, -0.05) is 0 Å². The zero-order chi connectivity index (χ0) is 13.0. The summed E-state index contributed by atoms with van der Waals surface area (Å²) in [6.45, 7) is 1.92. The van der Waals surface area contributed by atoms with E-state index < -0.39 is 24.3 Å². The molecule has 2 atom stereocenters. The molecule has 1 saturated heterocycles. The van der Waals surface area contributed by atoms with Crippen LogP contribution in [0.25, 0.3) is 0 Å². The average molecular weight is 270 g/mol. The van der Waals surface area contributed by atoms with Crippen LogP contribution in [0.2, 0.25) is 0 Å². The fraction of sp³-hybridized carbons (Fsp3) is 0.800. The Morgan fingerprint density at radius 3 is 2.59 bits per heavy atom. The molecule has 1 fully saturated rings. The number of carbonyl (C=O) groups is 2. The monoisotopic (exact) mass is 269 g/mol. The smallest absolute Gasteiger partial charge is 0.315 e. The zero-order valence-electron chi connectivity index (χ0n) is 9.37. The number of carbonyl (C=O) groups excluding carboxylic acids is 2. The van der Waals surface area contributed by atoms with Gasteiger partial charge in [-0.25, -0.2) is 0 Å². The molecule has 98 valence electrons. The van der Waals surface area contributed by atoms with Crippen LogP contribution in [0.1, 0.15) is 6.92 Å². The largest absolute Gasteiger partial charge is 0.378 e. The second-order valence-corrected chi connectivity index (χ2v) is 4.00. The topological polar surface area (TPSA) is 46.6 Å². The van der Waals surface area contributed by atoms with E-state index in [1.165, 1.54) is 0 Å². The molecule has 0 aromatic carbocycles. The highest BCUT2D eigenvalue weighted by molar-refractivity contribution is 6.28. The standard InChI is InChI=1S/C10H14ClF2NO3/c1-2-14(10(16)9(12)13)7-5-17-4-6(7)8(15)3-11/h6-7,9H,2-5H2,1H3.